The smallest absolute Gasteiger partial charge is 0.269 e. The molecule has 2 aromatic heterocycles. The maximum Gasteiger partial charge on any atom is 0.269 e. The summed E-state index contributed by atoms with van der Waals surface area (Å²) >= 11 is 6.09. The minimum Gasteiger partial charge on any atom is -0.364 e. The number of hydrogen-bond donors (Lipinski definition) is 2. The van der Waals surface area contributed by atoms with Gasteiger partial charge in [-0.05, 0) is 60.9 Å². The molecular formula is C24H18Cl2FN5O2. The van der Waals surface area contributed by atoms with Crippen molar-refractivity contribution in [3.8, 4) is 16.9 Å². The number of nitrogens with zero attached hydrogens (tertiary/aromatic N) is 3. The van der Waals surface area contributed by atoms with Gasteiger partial charge < -0.3 is 11.1 Å². The molecule has 0 atom stereocenters. The van der Waals surface area contributed by atoms with E-state index in [1.54, 1.807) is 16.8 Å². The van der Waals surface area contributed by atoms with Crippen LogP contribution >= 0.6 is 24.0 Å². The van der Waals surface area contributed by atoms with Crippen LogP contribution in [0, 0.1) is 5.82 Å². The molecule has 2 heterocycles. The second-order valence-electron chi connectivity index (χ2n) is 7.61. The maximum absolute atomic E-state index is 13.5. The lowest BCUT2D eigenvalue weighted by Crippen LogP contribution is -2.16. The van der Waals surface area contributed by atoms with Gasteiger partial charge in [0.25, 0.3) is 11.8 Å². The fourth-order valence-electron chi connectivity index (χ4n) is 4.04. The zero-order valence-electron chi connectivity index (χ0n) is 17.6. The molecule has 3 N–H and O–H groups in total. The normalized spacial score (nSPS) is 11.7. The van der Waals surface area contributed by atoms with Gasteiger partial charge in [-0.2, -0.15) is 5.10 Å². The van der Waals surface area contributed by atoms with Gasteiger partial charge in [-0.25, -0.2) is 9.07 Å². The number of aryl methyl sites for hydroxylation is 1. The van der Waals surface area contributed by atoms with Gasteiger partial charge in [0.1, 0.15) is 5.82 Å². The largest absolute Gasteiger partial charge is 0.364 e. The first-order chi connectivity index (χ1) is 15.9. The molecule has 10 heteroatoms. The highest BCUT2D eigenvalue weighted by molar-refractivity contribution is 6.34. The van der Waals surface area contributed by atoms with Crippen LogP contribution in [0.3, 0.4) is 0 Å². The molecule has 0 fully saturated rings. The summed E-state index contributed by atoms with van der Waals surface area (Å²) in [6, 6.07) is 12.9. The number of primary amides is 1. The molecule has 0 saturated heterocycles. The Bertz CT molecular complexity index is 1420. The van der Waals surface area contributed by atoms with Crippen molar-refractivity contribution in [1.82, 2.24) is 14.8 Å². The Balaban J connectivity index is 0.00000274. The minimum absolute atomic E-state index is 0. The Morgan fingerprint density at radius 3 is 2.56 bits per heavy atom. The summed E-state index contributed by atoms with van der Waals surface area (Å²) < 4.78 is 15.1. The van der Waals surface area contributed by atoms with Gasteiger partial charge in [-0.1, -0.05) is 17.7 Å². The van der Waals surface area contributed by atoms with Crippen molar-refractivity contribution in [2.75, 3.05) is 5.32 Å². The van der Waals surface area contributed by atoms with Gasteiger partial charge in [0, 0.05) is 29.2 Å². The number of amides is 2. The molecule has 34 heavy (non-hydrogen) atoms. The van der Waals surface area contributed by atoms with Gasteiger partial charge in [-0.3, -0.25) is 14.6 Å². The zero-order chi connectivity index (χ0) is 23.1. The molecule has 0 spiro atoms. The first-order valence-corrected chi connectivity index (χ1v) is 10.5. The van der Waals surface area contributed by atoms with Crippen molar-refractivity contribution in [1.29, 1.82) is 0 Å². The Labute approximate surface area is 205 Å². The monoisotopic (exact) mass is 497 g/mol. The third kappa shape index (κ3) is 4.13. The summed E-state index contributed by atoms with van der Waals surface area (Å²) in [5, 5.41) is 7.55. The third-order valence-electron chi connectivity index (χ3n) is 5.57. The Morgan fingerprint density at radius 1 is 1.09 bits per heavy atom. The van der Waals surface area contributed by atoms with Gasteiger partial charge in [0.15, 0.2) is 5.69 Å². The number of nitrogens with one attached hydrogen (secondary N) is 1. The van der Waals surface area contributed by atoms with E-state index in [0.717, 1.165) is 16.7 Å². The molecule has 0 unspecified atom stereocenters. The molecule has 0 radical (unpaired) electrons. The van der Waals surface area contributed by atoms with E-state index in [1.165, 1.54) is 30.6 Å². The van der Waals surface area contributed by atoms with Crippen LogP contribution in [0.1, 0.15) is 32.0 Å². The number of anilines is 1. The predicted octanol–water partition coefficient (Wildman–Crippen LogP) is 4.60. The van der Waals surface area contributed by atoms with Crippen molar-refractivity contribution in [2.24, 2.45) is 5.73 Å². The number of hydrogen-bond acceptors (Lipinski definition) is 4. The van der Waals surface area contributed by atoms with E-state index in [2.05, 4.69) is 15.4 Å². The summed E-state index contributed by atoms with van der Waals surface area (Å²) in [5.41, 5.74) is 10.5. The molecule has 2 aromatic carbocycles. The van der Waals surface area contributed by atoms with Crippen LogP contribution in [-0.2, 0) is 12.8 Å². The lowest BCUT2D eigenvalue weighted by Gasteiger charge is -2.20. The van der Waals surface area contributed by atoms with Crippen molar-refractivity contribution in [3.63, 3.8) is 0 Å². The number of pyridine rings is 1. The highest BCUT2D eigenvalue weighted by Gasteiger charge is 2.28. The molecule has 0 bridgehead atoms. The van der Waals surface area contributed by atoms with E-state index >= 15 is 0 Å². The number of rotatable bonds is 4. The average Bonchev–Trinajstić information content (AvgIpc) is 3.20. The number of carbonyl (C=O) groups excluding carboxylic acids is 2. The van der Waals surface area contributed by atoms with Crippen LogP contribution in [0.25, 0.3) is 16.9 Å². The van der Waals surface area contributed by atoms with Crippen LogP contribution in [0.4, 0.5) is 10.1 Å². The summed E-state index contributed by atoms with van der Waals surface area (Å²) in [4.78, 5) is 28.7. The molecular weight excluding hydrogens is 480 g/mol. The summed E-state index contributed by atoms with van der Waals surface area (Å²) in [6.45, 7) is 0. The SMILES string of the molecule is Cl.NC(=O)c1nn(-c2ccc(F)cc2)c2c1CCc1ccc(NC(=O)c3ccncc3Cl)cc1-2. The van der Waals surface area contributed by atoms with Gasteiger partial charge >= 0.3 is 0 Å². The van der Waals surface area contributed by atoms with Gasteiger partial charge in [-0.15, -0.1) is 12.4 Å². The molecule has 5 rings (SSSR count). The second kappa shape index (κ2) is 9.24. The van der Waals surface area contributed by atoms with E-state index in [1.807, 2.05) is 18.2 Å². The summed E-state index contributed by atoms with van der Waals surface area (Å²) in [6.07, 6.45) is 4.16. The Kier molecular flexibility index (Phi) is 6.37. The number of halogens is 3. The third-order valence-corrected chi connectivity index (χ3v) is 5.87. The average molecular weight is 498 g/mol. The second-order valence-corrected chi connectivity index (χ2v) is 8.02. The number of benzene rings is 2. The van der Waals surface area contributed by atoms with Gasteiger partial charge in [0.2, 0.25) is 0 Å². The number of fused-ring (bicyclic) bond motifs is 3. The van der Waals surface area contributed by atoms with E-state index in [4.69, 9.17) is 17.3 Å². The summed E-state index contributed by atoms with van der Waals surface area (Å²) in [7, 11) is 0. The first-order valence-electron chi connectivity index (χ1n) is 10.1. The van der Waals surface area contributed by atoms with E-state index < -0.39 is 5.91 Å². The van der Waals surface area contributed by atoms with Crippen LogP contribution in [0.5, 0.6) is 0 Å². The molecule has 1 aliphatic rings. The van der Waals surface area contributed by atoms with Crippen molar-refractivity contribution in [2.45, 2.75) is 12.8 Å². The van der Waals surface area contributed by atoms with Crippen LogP contribution in [-0.4, -0.2) is 26.6 Å². The fourth-order valence-corrected chi connectivity index (χ4v) is 4.25. The topological polar surface area (TPSA) is 103 Å². The van der Waals surface area contributed by atoms with E-state index in [9.17, 15) is 14.0 Å². The van der Waals surface area contributed by atoms with E-state index in [-0.39, 0.29) is 34.8 Å². The summed E-state index contributed by atoms with van der Waals surface area (Å²) in [5.74, 6) is -1.38. The van der Waals surface area contributed by atoms with Crippen LogP contribution in [0.15, 0.2) is 60.9 Å². The van der Waals surface area contributed by atoms with Crippen molar-refractivity contribution in [3.05, 3.63) is 94.1 Å². The van der Waals surface area contributed by atoms with Crippen molar-refractivity contribution >= 4 is 41.5 Å². The minimum atomic E-state index is -0.632. The van der Waals surface area contributed by atoms with Crippen molar-refractivity contribution < 1.29 is 14.0 Å². The molecule has 172 valence electrons. The Morgan fingerprint density at radius 2 is 1.85 bits per heavy atom. The van der Waals surface area contributed by atoms with Crippen LogP contribution in [0.2, 0.25) is 5.02 Å². The lowest BCUT2D eigenvalue weighted by molar-refractivity contribution is 0.0992. The molecule has 0 saturated carbocycles. The zero-order valence-corrected chi connectivity index (χ0v) is 19.2. The van der Waals surface area contributed by atoms with Crippen LogP contribution < -0.4 is 11.1 Å². The number of aromatic nitrogens is 3. The molecule has 1 aliphatic carbocycles. The number of carbonyl (C=O) groups is 2. The molecule has 4 aromatic rings. The quantitative estimate of drug-likeness (QED) is 0.429. The molecule has 2 amide bonds. The predicted molar refractivity (Wildman–Crippen MR) is 129 cm³/mol. The maximum atomic E-state index is 13.5. The number of nitrogens with two attached hydrogens (primary N) is 1. The van der Waals surface area contributed by atoms with Gasteiger partial charge in [0.05, 0.1) is 22.0 Å². The lowest BCUT2D eigenvalue weighted by atomic mass is 9.88. The van der Waals surface area contributed by atoms with E-state index in [0.29, 0.717) is 35.5 Å². The highest BCUT2D eigenvalue weighted by atomic mass is 35.5. The molecule has 0 aliphatic heterocycles. The Hall–Kier alpha value is -3.75. The molecule has 7 nitrogen and oxygen atoms in total. The highest BCUT2D eigenvalue weighted by Crippen LogP contribution is 2.38. The first kappa shape index (κ1) is 23.4. The standard InChI is InChI=1S/C24H17ClFN5O2.ClH/c25-20-12-28-10-9-17(20)24(33)29-15-5-1-13-2-8-18-21(23(27)32)30-31(22(18)19(13)11-15)16-6-3-14(26)4-7-16;/h1,3-7,9-12H,2,8H2,(H2,27,32)(H,29,33);1H. The fraction of sp³-hybridized carbons (Fsp3) is 0.0833.